The fourth-order valence-corrected chi connectivity index (χ4v) is 4.47. The number of nitrogens with zero attached hydrogens (tertiary/aromatic N) is 1. The minimum atomic E-state index is -0.268. The van der Waals surface area contributed by atoms with Crippen molar-refractivity contribution >= 4 is 34.8 Å². The Hall–Kier alpha value is -1.71. The van der Waals surface area contributed by atoms with Gasteiger partial charge in [-0.25, -0.2) is 0 Å². The Labute approximate surface area is 157 Å². The van der Waals surface area contributed by atoms with Crippen molar-refractivity contribution in [2.45, 2.75) is 44.3 Å². The van der Waals surface area contributed by atoms with E-state index in [0.29, 0.717) is 10.0 Å². The Morgan fingerprint density at radius 3 is 2.52 bits per heavy atom. The minimum Gasteiger partial charge on any atom is -0.361 e. The number of nitrogens with one attached hydrogen (secondary N) is 1. The van der Waals surface area contributed by atoms with E-state index in [9.17, 15) is 4.79 Å². The average Bonchev–Trinajstić information content (AvgIpc) is 2.62. The normalized spacial score (nSPS) is 21.0. The lowest BCUT2D eigenvalue weighted by molar-refractivity contribution is 0.0524. The molecule has 1 fully saturated rings. The number of para-hydroxylation sites is 1. The number of amides is 1. The predicted octanol–water partition coefficient (Wildman–Crippen LogP) is 5.89. The number of benzene rings is 2. The zero-order chi connectivity index (χ0) is 17.4. The number of hydrogen-bond acceptors (Lipinski definition) is 2. The monoisotopic (exact) mass is 374 g/mol. The third-order valence-corrected chi connectivity index (χ3v) is 5.75. The average molecular weight is 375 g/mol. The molecule has 2 aromatic rings. The molecular formula is C20H20Cl2N2O. The Morgan fingerprint density at radius 2 is 1.76 bits per heavy atom. The first-order valence-electron chi connectivity index (χ1n) is 8.78. The first-order chi connectivity index (χ1) is 12.1. The molecule has 1 aliphatic carbocycles. The zero-order valence-corrected chi connectivity index (χ0v) is 15.4. The molecule has 0 aromatic heterocycles. The summed E-state index contributed by atoms with van der Waals surface area (Å²) in [6, 6.07) is 13.4. The molecule has 0 bridgehead atoms. The maximum atomic E-state index is 13.3. The second-order valence-electron chi connectivity index (χ2n) is 6.76. The van der Waals surface area contributed by atoms with Crippen LogP contribution in [0.3, 0.4) is 0 Å². The van der Waals surface area contributed by atoms with Crippen LogP contribution in [0.25, 0.3) is 0 Å². The summed E-state index contributed by atoms with van der Waals surface area (Å²) >= 11 is 12.5. The van der Waals surface area contributed by atoms with Crippen molar-refractivity contribution < 1.29 is 4.79 Å². The van der Waals surface area contributed by atoms with E-state index in [1.54, 1.807) is 6.07 Å². The van der Waals surface area contributed by atoms with E-state index >= 15 is 0 Å². The van der Waals surface area contributed by atoms with Crippen LogP contribution in [0.15, 0.2) is 42.5 Å². The van der Waals surface area contributed by atoms with Crippen molar-refractivity contribution in [3.05, 3.63) is 63.6 Å². The highest BCUT2D eigenvalue weighted by Crippen LogP contribution is 2.40. The molecule has 4 rings (SSSR count). The highest BCUT2D eigenvalue weighted by molar-refractivity contribution is 6.35. The number of carbonyl (C=O) groups is 1. The fourth-order valence-electron chi connectivity index (χ4n) is 3.96. The number of fused-ring (bicyclic) bond motifs is 1. The van der Waals surface area contributed by atoms with Gasteiger partial charge in [0, 0.05) is 27.3 Å². The second kappa shape index (κ2) is 6.89. The second-order valence-corrected chi connectivity index (χ2v) is 7.61. The van der Waals surface area contributed by atoms with Crippen LogP contribution in [0.1, 0.15) is 54.2 Å². The van der Waals surface area contributed by atoms with Crippen LogP contribution < -0.4 is 5.32 Å². The summed E-state index contributed by atoms with van der Waals surface area (Å²) in [7, 11) is 0. The van der Waals surface area contributed by atoms with Crippen molar-refractivity contribution in [2.24, 2.45) is 0 Å². The summed E-state index contributed by atoms with van der Waals surface area (Å²) in [6.45, 7) is 0. The number of rotatable bonds is 2. The number of hydrogen-bond donors (Lipinski definition) is 1. The van der Waals surface area contributed by atoms with Gasteiger partial charge in [0.2, 0.25) is 0 Å². The molecule has 2 aromatic carbocycles. The molecule has 130 valence electrons. The highest BCUT2D eigenvalue weighted by atomic mass is 35.5. The molecule has 1 heterocycles. The maximum Gasteiger partial charge on any atom is 0.258 e. The topological polar surface area (TPSA) is 32.3 Å². The Morgan fingerprint density at radius 1 is 1.00 bits per heavy atom. The van der Waals surface area contributed by atoms with Gasteiger partial charge in [0.25, 0.3) is 5.91 Å². The van der Waals surface area contributed by atoms with Crippen LogP contribution in [0, 0.1) is 0 Å². The van der Waals surface area contributed by atoms with Crippen molar-refractivity contribution in [1.29, 1.82) is 0 Å². The van der Waals surface area contributed by atoms with Crippen LogP contribution >= 0.6 is 23.2 Å². The molecule has 25 heavy (non-hydrogen) atoms. The summed E-state index contributed by atoms with van der Waals surface area (Å²) in [4.78, 5) is 15.3. The van der Waals surface area contributed by atoms with E-state index in [1.165, 1.54) is 6.42 Å². The standard InChI is InChI=1S/C20H20Cl2N2O/c21-13-10-11-15(17(22)12-13)19-23-18-9-5-4-8-16(18)20(25)24(19)14-6-2-1-3-7-14/h4-5,8-12,14,19,23H,1-3,6-7H2/t19-/m1/s1. The molecule has 1 atom stereocenters. The largest absolute Gasteiger partial charge is 0.361 e. The maximum absolute atomic E-state index is 13.3. The summed E-state index contributed by atoms with van der Waals surface area (Å²) in [6.07, 6.45) is 5.38. The fraction of sp³-hybridized carbons (Fsp3) is 0.350. The lowest BCUT2D eigenvalue weighted by Gasteiger charge is -2.44. The van der Waals surface area contributed by atoms with Gasteiger partial charge in [0.15, 0.2) is 0 Å². The summed E-state index contributed by atoms with van der Waals surface area (Å²) in [5.74, 6) is 0.0808. The number of halogens is 2. The molecule has 1 N–H and O–H groups in total. The molecule has 2 aliphatic rings. The smallest absolute Gasteiger partial charge is 0.258 e. The van der Waals surface area contributed by atoms with E-state index in [2.05, 4.69) is 5.32 Å². The summed E-state index contributed by atoms with van der Waals surface area (Å²) < 4.78 is 0. The van der Waals surface area contributed by atoms with Crippen LogP contribution in [0.4, 0.5) is 5.69 Å². The molecule has 0 radical (unpaired) electrons. The summed E-state index contributed by atoms with van der Waals surface area (Å²) in [5.41, 5.74) is 2.48. The quantitative estimate of drug-likeness (QED) is 0.710. The Balaban J connectivity index is 1.79. The van der Waals surface area contributed by atoms with Gasteiger partial charge in [-0.2, -0.15) is 0 Å². The molecular weight excluding hydrogens is 355 g/mol. The van der Waals surface area contributed by atoms with Crippen LogP contribution in [-0.4, -0.2) is 16.8 Å². The molecule has 0 unspecified atom stereocenters. The van der Waals surface area contributed by atoms with Crippen molar-refractivity contribution in [2.75, 3.05) is 5.32 Å². The van der Waals surface area contributed by atoms with E-state index in [0.717, 1.165) is 42.5 Å². The Kier molecular flexibility index (Phi) is 4.61. The summed E-state index contributed by atoms with van der Waals surface area (Å²) in [5, 5.41) is 4.71. The van der Waals surface area contributed by atoms with Crippen LogP contribution in [-0.2, 0) is 0 Å². The van der Waals surface area contributed by atoms with Gasteiger partial charge in [-0.05, 0) is 37.1 Å². The molecule has 3 nitrogen and oxygen atoms in total. The zero-order valence-electron chi connectivity index (χ0n) is 13.8. The Bertz CT molecular complexity index is 802. The van der Waals surface area contributed by atoms with Crippen LogP contribution in [0.2, 0.25) is 10.0 Å². The molecule has 5 heteroatoms. The lowest BCUT2D eigenvalue weighted by atomic mass is 9.91. The van der Waals surface area contributed by atoms with Gasteiger partial charge < -0.3 is 10.2 Å². The molecule has 1 aliphatic heterocycles. The van der Waals surface area contributed by atoms with Crippen molar-refractivity contribution in [1.82, 2.24) is 4.90 Å². The van der Waals surface area contributed by atoms with Gasteiger partial charge in [-0.1, -0.05) is 60.7 Å². The molecule has 0 spiro atoms. The van der Waals surface area contributed by atoms with Gasteiger partial charge >= 0.3 is 0 Å². The molecule has 1 amide bonds. The number of carbonyl (C=O) groups excluding carboxylic acids is 1. The van der Waals surface area contributed by atoms with Crippen molar-refractivity contribution in [3.8, 4) is 0 Å². The van der Waals surface area contributed by atoms with E-state index in [-0.39, 0.29) is 18.1 Å². The predicted molar refractivity (Wildman–Crippen MR) is 102 cm³/mol. The first-order valence-corrected chi connectivity index (χ1v) is 9.54. The van der Waals surface area contributed by atoms with Gasteiger partial charge in [0.05, 0.1) is 5.56 Å². The van der Waals surface area contributed by atoms with E-state index in [4.69, 9.17) is 23.2 Å². The van der Waals surface area contributed by atoms with Crippen LogP contribution in [0.5, 0.6) is 0 Å². The van der Waals surface area contributed by atoms with Gasteiger partial charge in [0.1, 0.15) is 6.17 Å². The third kappa shape index (κ3) is 3.11. The SMILES string of the molecule is O=C1c2ccccc2N[C@@H](c2ccc(Cl)cc2Cl)N1C1CCCCC1. The highest BCUT2D eigenvalue weighted by Gasteiger charge is 2.38. The van der Waals surface area contributed by atoms with E-state index in [1.807, 2.05) is 41.3 Å². The number of anilines is 1. The van der Waals surface area contributed by atoms with Crippen molar-refractivity contribution in [3.63, 3.8) is 0 Å². The molecule has 1 saturated carbocycles. The van der Waals surface area contributed by atoms with E-state index < -0.39 is 0 Å². The first kappa shape index (κ1) is 16.7. The third-order valence-electron chi connectivity index (χ3n) is 5.19. The minimum absolute atomic E-state index is 0.0808. The molecule has 0 saturated heterocycles. The van der Waals surface area contributed by atoms with Gasteiger partial charge in [-0.15, -0.1) is 0 Å². The van der Waals surface area contributed by atoms with Gasteiger partial charge in [-0.3, -0.25) is 4.79 Å². The lowest BCUT2D eigenvalue weighted by Crippen LogP contribution is -2.49.